The third kappa shape index (κ3) is 5.01. The van der Waals surface area contributed by atoms with Crippen molar-refractivity contribution in [3.05, 3.63) is 94.4 Å². The number of aryl methyl sites for hydroxylation is 1. The van der Waals surface area contributed by atoms with E-state index in [4.69, 9.17) is 0 Å². The van der Waals surface area contributed by atoms with Gasteiger partial charge in [0, 0.05) is 31.0 Å². The summed E-state index contributed by atoms with van der Waals surface area (Å²) in [5, 5.41) is 5.99. The smallest absolute Gasteiger partial charge is 0.319 e. The standard InChI is InChI=1S/C27H28N6O2/c1-19-8-5-6-11-22(19)31-27(35)29-21-13-16-32(17-14-21)25-26(34)33(18-20-9-3-2-4-10-20)24-23(30-25)12-7-15-28-24/h2-12,15,21H,13-14,16-18H2,1H3,(H2,29,31,35). The third-order valence-electron chi connectivity index (χ3n) is 6.39. The van der Waals surface area contributed by atoms with E-state index in [1.807, 2.05) is 78.6 Å². The average Bonchev–Trinajstić information content (AvgIpc) is 2.88. The molecule has 0 unspecified atom stereocenters. The summed E-state index contributed by atoms with van der Waals surface area (Å²) in [6.45, 7) is 3.66. The second-order valence-electron chi connectivity index (χ2n) is 8.83. The van der Waals surface area contributed by atoms with Crippen LogP contribution in [0.1, 0.15) is 24.0 Å². The van der Waals surface area contributed by atoms with Gasteiger partial charge < -0.3 is 15.5 Å². The second kappa shape index (κ2) is 9.97. The van der Waals surface area contributed by atoms with E-state index in [-0.39, 0.29) is 17.6 Å². The fraction of sp³-hybridized carbons (Fsp3) is 0.259. The average molecular weight is 469 g/mol. The van der Waals surface area contributed by atoms with Crippen LogP contribution in [-0.2, 0) is 6.54 Å². The Morgan fingerprint density at radius 3 is 2.51 bits per heavy atom. The number of carbonyl (C=O) groups is 1. The number of hydrogen-bond donors (Lipinski definition) is 2. The van der Waals surface area contributed by atoms with Crippen molar-refractivity contribution < 1.29 is 4.79 Å². The number of rotatable bonds is 5. The molecule has 1 aliphatic heterocycles. The van der Waals surface area contributed by atoms with Crippen LogP contribution in [0.4, 0.5) is 16.3 Å². The lowest BCUT2D eigenvalue weighted by Crippen LogP contribution is -2.47. The molecule has 3 heterocycles. The molecule has 35 heavy (non-hydrogen) atoms. The van der Waals surface area contributed by atoms with Crippen molar-refractivity contribution in [2.24, 2.45) is 0 Å². The molecular formula is C27H28N6O2. The van der Waals surface area contributed by atoms with Gasteiger partial charge in [0.2, 0.25) is 0 Å². The highest BCUT2D eigenvalue weighted by atomic mass is 16.2. The molecule has 1 aliphatic rings. The van der Waals surface area contributed by atoms with Gasteiger partial charge in [0.25, 0.3) is 5.56 Å². The number of benzene rings is 2. The summed E-state index contributed by atoms with van der Waals surface area (Å²) in [5.74, 6) is 0.434. The van der Waals surface area contributed by atoms with Gasteiger partial charge >= 0.3 is 6.03 Å². The lowest BCUT2D eigenvalue weighted by Gasteiger charge is -2.33. The van der Waals surface area contributed by atoms with E-state index in [9.17, 15) is 9.59 Å². The van der Waals surface area contributed by atoms with Crippen LogP contribution < -0.4 is 21.1 Å². The maximum atomic E-state index is 13.5. The molecule has 5 rings (SSSR count). The molecule has 4 aromatic rings. The highest BCUT2D eigenvalue weighted by Gasteiger charge is 2.25. The van der Waals surface area contributed by atoms with Gasteiger partial charge in [0.1, 0.15) is 5.52 Å². The molecule has 0 bridgehead atoms. The second-order valence-corrected chi connectivity index (χ2v) is 8.83. The highest BCUT2D eigenvalue weighted by Crippen LogP contribution is 2.19. The van der Waals surface area contributed by atoms with Gasteiger partial charge in [-0.1, -0.05) is 48.5 Å². The van der Waals surface area contributed by atoms with E-state index in [1.54, 1.807) is 10.8 Å². The molecule has 8 heteroatoms. The first kappa shape index (κ1) is 22.6. The van der Waals surface area contributed by atoms with Gasteiger partial charge in [-0.15, -0.1) is 0 Å². The van der Waals surface area contributed by atoms with Crippen LogP contribution in [-0.4, -0.2) is 39.7 Å². The van der Waals surface area contributed by atoms with Crippen molar-refractivity contribution in [1.82, 2.24) is 19.9 Å². The van der Waals surface area contributed by atoms with E-state index in [1.165, 1.54) is 0 Å². The summed E-state index contributed by atoms with van der Waals surface area (Å²) in [6, 6.07) is 21.1. The summed E-state index contributed by atoms with van der Waals surface area (Å²) in [7, 11) is 0. The first-order valence-electron chi connectivity index (χ1n) is 11.9. The largest absolute Gasteiger partial charge is 0.352 e. The first-order chi connectivity index (χ1) is 17.1. The number of aromatic nitrogens is 3. The normalized spacial score (nSPS) is 14.1. The van der Waals surface area contributed by atoms with Crippen LogP contribution >= 0.6 is 0 Å². The van der Waals surface area contributed by atoms with Crippen molar-refractivity contribution >= 4 is 28.7 Å². The zero-order chi connectivity index (χ0) is 24.2. The van der Waals surface area contributed by atoms with Crippen LogP contribution in [0.15, 0.2) is 77.7 Å². The topological polar surface area (TPSA) is 92.2 Å². The maximum Gasteiger partial charge on any atom is 0.319 e. The quantitative estimate of drug-likeness (QED) is 0.463. The number of piperidine rings is 1. The lowest BCUT2D eigenvalue weighted by molar-refractivity contribution is 0.246. The molecule has 0 aliphatic carbocycles. The Morgan fingerprint density at radius 1 is 1.00 bits per heavy atom. The molecule has 0 atom stereocenters. The van der Waals surface area contributed by atoms with Gasteiger partial charge in [-0.3, -0.25) is 9.36 Å². The van der Waals surface area contributed by atoms with Crippen molar-refractivity contribution in [3.63, 3.8) is 0 Å². The Bertz CT molecular complexity index is 1390. The first-order valence-corrected chi connectivity index (χ1v) is 11.9. The number of amides is 2. The number of hydrogen-bond acceptors (Lipinski definition) is 5. The SMILES string of the molecule is Cc1ccccc1NC(=O)NC1CCN(c2nc3cccnc3n(Cc3ccccc3)c2=O)CC1. The van der Waals surface area contributed by atoms with E-state index >= 15 is 0 Å². The zero-order valence-corrected chi connectivity index (χ0v) is 19.6. The number of urea groups is 1. The van der Waals surface area contributed by atoms with E-state index in [0.29, 0.717) is 36.6 Å². The Morgan fingerprint density at radius 2 is 1.74 bits per heavy atom. The molecule has 2 N–H and O–H groups in total. The molecule has 2 aromatic heterocycles. The lowest BCUT2D eigenvalue weighted by atomic mass is 10.1. The van der Waals surface area contributed by atoms with Crippen molar-refractivity contribution in [2.75, 3.05) is 23.3 Å². The summed E-state index contributed by atoms with van der Waals surface area (Å²) in [5.41, 5.74) is 3.96. The van der Waals surface area contributed by atoms with Crippen molar-refractivity contribution in [2.45, 2.75) is 32.4 Å². The van der Waals surface area contributed by atoms with Gasteiger partial charge in [-0.25, -0.2) is 14.8 Å². The van der Waals surface area contributed by atoms with E-state index in [2.05, 4.69) is 20.6 Å². The molecular weight excluding hydrogens is 440 g/mol. The van der Waals surface area contributed by atoms with Crippen molar-refractivity contribution in [3.8, 4) is 0 Å². The van der Waals surface area contributed by atoms with Gasteiger partial charge in [0.15, 0.2) is 11.5 Å². The monoisotopic (exact) mass is 468 g/mol. The number of pyridine rings is 1. The minimum Gasteiger partial charge on any atom is -0.352 e. The van der Waals surface area contributed by atoms with Crippen LogP contribution in [0.3, 0.4) is 0 Å². The van der Waals surface area contributed by atoms with E-state index < -0.39 is 0 Å². The number of anilines is 2. The molecule has 2 aromatic carbocycles. The van der Waals surface area contributed by atoms with Gasteiger partial charge in [0.05, 0.1) is 6.54 Å². The number of para-hydroxylation sites is 1. The van der Waals surface area contributed by atoms with Crippen LogP contribution in [0, 0.1) is 6.92 Å². The fourth-order valence-electron chi connectivity index (χ4n) is 4.47. The molecule has 1 fully saturated rings. The highest BCUT2D eigenvalue weighted by molar-refractivity contribution is 5.90. The van der Waals surface area contributed by atoms with E-state index in [0.717, 1.165) is 29.7 Å². The zero-order valence-electron chi connectivity index (χ0n) is 19.6. The van der Waals surface area contributed by atoms with Crippen LogP contribution in [0.5, 0.6) is 0 Å². The number of nitrogens with one attached hydrogen (secondary N) is 2. The molecule has 2 amide bonds. The molecule has 1 saturated heterocycles. The summed E-state index contributed by atoms with van der Waals surface area (Å²) >= 11 is 0. The van der Waals surface area contributed by atoms with Crippen LogP contribution in [0.2, 0.25) is 0 Å². The van der Waals surface area contributed by atoms with Crippen LogP contribution in [0.25, 0.3) is 11.2 Å². The van der Waals surface area contributed by atoms with Crippen molar-refractivity contribution in [1.29, 1.82) is 0 Å². The predicted octanol–water partition coefficient (Wildman–Crippen LogP) is 3.94. The fourth-order valence-corrected chi connectivity index (χ4v) is 4.47. The van der Waals surface area contributed by atoms with Gasteiger partial charge in [-0.05, 0) is 49.1 Å². The molecule has 0 radical (unpaired) electrons. The molecule has 178 valence electrons. The molecule has 0 spiro atoms. The minimum absolute atomic E-state index is 0.0314. The Labute approximate surface area is 203 Å². The number of nitrogens with zero attached hydrogens (tertiary/aromatic N) is 4. The minimum atomic E-state index is -0.210. The maximum absolute atomic E-state index is 13.5. The number of fused-ring (bicyclic) bond motifs is 1. The number of carbonyl (C=O) groups excluding carboxylic acids is 1. The summed E-state index contributed by atoms with van der Waals surface area (Å²) < 4.78 is 1.70. The Hall–Kier alpha value is -4.20. The third-order valence-corrected chi connectivity index (χ3v) is 6.39. The predicted molar refractivity (Wildman–Crippen MR) is 138 cm³/mol. The molecule has 0 saturated carbocycles. The Balaban J connectivity index is 1.31. The Kier molecular flexibility index (Phi) is 6.43. The van der Waals surface area contributed by atoms with Gasteiger partial charge in [-0.2, -0.15) is 0 Å². The summed E-state index contributed by atoms with van der Waals surface area (Å²) in [6.07, 6.45) is 3.14. The summed E-state index contributed by atoms with van der Waals surface area (Å²) in [4.78, 5) is 37.2. The molecule has 8 nitrogen and oxygen atoms in total.